The lowest BCUT2D eigenvalue weighted by Gasteiger charge is -2.18. The summed E-state index contributed by atoms with van der Waals surface area (Å²) in [5, 5.41) is 3.86. The molecule has 2 aromatic heterocycles. The Morgan fingerprint density at radius 3 is 2.67 bits per heavy atom. The lowest BCUT2D eigenvalue weighted by molar-refractivity contribution is 0.0508. The van der Waals surface area contributed by atoms with Crippen LogP contribution in [0.1, 0.15) is 20.8 Å². The lowest BCUT2D eigenvalue weighted by atomic mass is 10.2. The number of anilines is 1. The molecule has 0 aliphatic rings. The molecule has 2 aromatic rings. The molecule has 2 heterocycles. The molecule has 18 heavy (non-hydrogen) atoms. The fourth-order valence-electron chi connectivity index (χ4n) is 1.44. The minimum absolute atomic E-state index is 0.230. The van der Waals surface area contributed by atoms with Crippen molar-refractivity contribution >= 4 is 17.4 Å². The largest absolute Gasteiger partial charge is 0.442 e. The minimum Gasteiger partial charge on any atom is -0.442 e. The van der Waals surface area contributed by atoms with Crippen molar-refractivity contribution in [1.29, 1.82) is 0 Å². The van der Waals surface area contributed by atoms with Crippen molar-refractivity contribution in [2.45, 2.75) is 26.4 Å². The molecule has 96 valence electrons. The Kier molecular flexibility index (Phi) is 2.61. The average Bonchev–Trinajstić information content (AvgIpc) is 2.56. The molecule has 2 rings (SSSR count). The smallest absolute Gasteiger partial charge is 0.439 e. The number of carbonyl (C=O) groups excluding carboxylic acids is 1. The van der Waals surface area contributed by atoms with E-state index in [0.29, 0.717) is 10.4 Å². The first kappa shape index (κ1) is 12.2. The van der Waals surface area contributed by atoms with Gasteiger partial charge in [0, 0.05) is 6.20 Å². The predicted octanol–water partition coefficient (Wildman–Crippen LogP) is 0.861. The van der Waals surface area contributed by atoms with Crippen LogP contribution in [0, 0.1) is 0 Å². The van der Waals surface area contributed by atoms with Crippen LogP contribution in [0.15, 0.2) is 23.1 Å². The van der Waals surface area contributed by atoms with Crippen LogP contribution in [-0.4, -0.2) is 25.9 Å². The molecular formula is C11H14N4O3. The van der Waals surface area contributed by atoms with Crippen molar-refractivity contribution in [3.8, 4) is 0 Å². The molecule has 0 aromatic carbocycles. The molecule has 0 saturated carbocycles. The van der Waals surface area contributed by atoms with Crippen LogP contribution < -0.4 is 11.4 Å². The molecule has 0 atom stereocenters. The third kappa shape index (κ3) is 2.06. The number of carbonyl (C=O) groups is 1. The van der Waals surface area contributed by atoms with E-state index in [4.69, 9.17) is 10.5 Å². The van der Waals surface area contributed by atoms with E-state index >= 15 is 0 Å². The number of hydrogen-bond donors (Lipinski definition) is 1. The Bertz CT molecular complexity index is 663. The number of hydrogen-bond acceptors (Lipinski definition) is 5. The van der Waals surface area contributed by atoms with Gasteiger partial charge in [-0.3, -0.25) is 0 Å². The minimum atomic E-state index is -0.824. The zero-order valence-electron chi connectivity index (χ0n) is 10.4. The Balaban J connectivity index is 2.53. The second-order valence-corrected chi connectivity index (χ2v) is 4.83. The van der Waals surface area contributed by atoms with Crippen molar-refractivity contribution in [1.82, 2.24) is 14.2 Å². The second kappa shape index (κ2) is 3.86. The molecule has 0 aliphatic carbocycles. The maximum absolute atomic E-state index is 11.9. The Labute approximate surface area is 103 Å². The molecule has 0 saturated heterocycles. The molecule has 0 amide bonds. The van der Waals surface area contributed by atoms with Gasteiger partial charge in [-0.2, -0.15) is 0 Å². The quantitative estimate of drug-likeness (QED) is 0.748. The number of aromatic nitrogens is 3. The molecule has 0 unspecified atom stereocenters. The fourth-order valence-corrected chi connectivity index (χ4v) is 1.44. The van der Waals surface area contributed by atoms with Gasteiger partial charge in [0.1, 0.15) is 5.60 Å². The van der Waals surface area contributed by atoms with Gasteiger partial charge in [-0.15, -0.1) is 9.78 Å². The first-order valence-corrected chi connectivity index (χ1v) is 5.39. The van der Waals surface area contributed by atoms with Gasteiger partial charge in [-0.25, -0.2) is 14.0 Å². The summed E-state index contributed by atoms with van der Waals surface area (Å²) in [6.45, 7) is 5.13. The lowest BCUT2D eigenvalue weighted by Crippen LogP contribution is -2.34. The van der Waals surface area contributed by atoms with Crippen molar-refractivity contribution in [2.24, 2.45) is 0 Å². The Hall–Kier alpha value is -2.31. The molecule has 2 N–H and O–H groups in total. The van der Waals surface area contributed by atoms with E-state index in [0.717, 1.165) is 0 Å². The monoisotopic (exact) mass is 250 g/mol. The zero-order valence-corrected chi connectivity index (χ0v) is 10.4. The molecule has 0 radical (unpaired) electrons. The first-order valence-electron chi connectivity index (χ1n) is 5.39. The SMILES string of the molecule is CC(C)(C)OC(=O)n1nc2c(N)cccn2c1=O. The van der Waals surface area contributed by atoms with E-state index in [1.54, 1.807) is 32.9 Å². The van der Waals surface area contributed by atoms with Gasteiger partial charge >= 0.3 is 11.8 Å². The second-order valence-electron chi connectivity index (χ2n) is 4.83. The van der Waals surface area contributed by atoms with Crippen LogP contribution in [-0.2, 0) is 4.74 Å². The van der Waals surface area contributed by atoms with Gasteiger partial charge in [0.15, 0.2) is 5.65 Å². The molecule has 7 nitrogen and oxygen atoms in total. The molecular weight excluding hydrogens is 236 g/mol. The summed E-state index contributed by atoms with van der Waals surface area (Å²) in [4.78, 5) is 23.7. The highest BCUT2D eigenvalue weighted by Gasteiger charge is 2.22. The zero-order chi connectivity index (χ0) is 13.5. The number of nitrogens with two attached hydrogens (primary N) is 1. The normalized spacial score (nSPS) is 11.7. The average molecular weight is 250 g/mol. The van der Waals surface area contributed by atoms with Crippen LogP contribution >= 0.6 is 0 Å². The van der Waals surface area contributed by atoms with Crippen LogP contribution in [0.4, 0.5) is 10.5 Å². The molecule has 0 fully saturated rings. The Morgan fingerprint density at radius 2 is 2.11 bits per heavy atom. The molecule has 7 heteroatoms. The van der Waals surface area contributed by atoms with Crippen molar-refractivity contribution in [3.05, 3.63) is 28.8 Å². The molecule has 0 aliphatic heterocycles. The summed E-state index contributed by atoms with van der Waals surface area (Å²) in [7, 11) is 0. The van der Waals surface area contributed by atoms with E-state index in [2.05, 4.69) is 5.10 Å². The van der Waals surface area contributed by atoms with E-state index in [9.17, 15) is 9.59 Å². The number of fused-ring (bicyclic) bond motifs is 1. The third-order valence-electron chi connectivity index (χ3n) is 2.15. The summed E-state index contributed by atoms with van der Waals surface area (Å²) in [6.07, 6.45) is 0.664. The fraction of sp³-hybridized carbons (Fsp3) is 0.364. The highest BCUT2D eigenvalue weighted by Crippen LogP contribution is 2.10. The first-order chi connectivity index (χ1) is 8.29. The number of ether oxygens (including phenoxy) is 1. The number of pyridine rings is 1. The van der Waals surface area contributed by atoms with Crippen LogP contribution in [0.5, 0.6) is 0 Å². The van der Waals surface area contributed by atoms with Gasteiger partial charge in [0.2, 0.25) is 0 Å². The van der Waals surface area contributed by atoms with Gasteiger partial charge in [-0.05, 0) is 32.9 Å². The van der Waals surface area contributed by atoms with E-state index < -0.39 is 17.4 Å². The van der Waals surface area contributed by atoms with Gasteiger partial charge in [-0.1, -0.05) is 0 Å². The van der Waals surface area contributed by atoms with Crippen molar-refractivity contribution in [2.75, 3.05) is 5.73 Å². The standard InChI is InChI=1S/C11H14N4O3/c1-11(2,3)18-10(17)15-9(16)14-6-4-5-7(12)8(14)13-15/h4-6H,12H2,1-3H3. The molecule has 0 spiro atoms. The van der Waals surface area contributed by atoms with Crippen LogP contribution in [0.25, 0.3) is 5.65 Å². The van der Waals surface area contributed by atoms with Crippen molar-refractivity contribution < 1.29 is 9.53 Å². The van der Waals surface area contributed by atoms with Crippen LogP contribution in [0.3, 0.4) is 0 Å². The Morgan fingerprint density at radius 1 is 1.44 bits per heavy atom. The van der Waals surface area contributed by atoms with E-state index in [-0.39, 0.29) is 5.65 Å². The topological polar surface area (TPSA) is 91.6 Å². The number of rotatable bonds is 0. The predicted molar refractivity (Wildman–Crippen MR) is 65.5 cm³/mol. The summed E-state index contributed by atoms with van der Waals surface area (Å²) >= 11 is 0. The van der Waals surface area contributed by atoms with E-state index in [1.165, 1.54) is 10.6 Å². The van der Waals surface area contributed by atoms with Crippen molar-refractivity contribution in [3.63, 3.8) is 0 Å². The highest BCUT2D eigenvalue weighted by atomic mass is 16.6. The maximum Gasteiger partial charge on any atom is 0.439 e. The summed E-state index contributed by atoms with van der Waals surface area (Å²) in [6, 6.07) is 3.20. The van der Waals surface area contributed by atoms with Gasteiger partial charge in [0.05, 0.1) is 5.69 Å². The van der Waals surface area contributed by atoms with Gasteiger partial charge < -0.3 is 10.5 Å². The maximum atomic E-state index is 11.9. The third-order valence-corrected chi connectivity index (χ3v) is 2.15. The highest BCUT2D eigenvalue weighted by molar-refractivity contribution is 5.72. The van der Waals surface area contributed by atoms with E-state index in [1.807, 2.05) is 0 Å². The summed E-state index contributed by atoms with van der Waals surface area (Å²) in [5.41, 5.74) is 4.92. The van der Waals surface area contributed by atoms with Crippen LogP contribution in [0.2, 0.25) is 0 Å². The summed E-state index contributed by atoms with van der Waals surface area (Å²) < 4.78 is 6.94. The number of nitrogens with zero attached hydrogens (tertiary/aromatic N) is 3. The van der Waals surface area contributed by atoms with Gasteiger partial charge in [0.25, 0.3) is 0 Å². The summed E-state index contributed by atoms with van der Waals surface area (Å²) in [5.74, 6) is 0. The number of nitrogen functional groups attached to an aromatic ring is 1. The molecule has 0 bridgehead atoms.